The van der Waals surface area contributed by atoms with Gasteiger partial charge in [0.25, 0.3) is 0 Å². The molecule has 2 aromatic carbocycles. The van der Waals surface area contributed by atoms with E-state index in [2.05, 4.69) is 40.5 Å². The van der Waals surface area contributed by atoms with Crippen molar-refractivity contribution in [3.8, 4) is 11.1 Å². The fourth-order valence-corrected chi connectivity index (χ4v) is 5.29. The van der Waals surface area contributed by atoms with Crippen molar-refractivity contribution in [2.45, 2.75) is 49.6 Å². The first-order valence-corrected chi connectivity index (χ1v) is 11.3. The first-order chi connectivity index (χ1) is 14.2. The molecule has 1 saturated carbocycles. The summed E-state index contributed by atoms with van der Waals surface area (Å²) >= 11 is 1.37. The third kappa shape index (κ3) is 3.46. The van der Waals surface area contributed by atoms with Crippen molar-refractivity contribution in [1.82, 2.24) is 14.9 Å². The van der Waals surface area contributed by atoms with Crippen molar-refractivity contribution >= 4 is 17.5 Å². The zero-order valence-electron chi connectivity index (χ0n) is 16.3. The van der Waals surface area contributed by atoms with E-state index in [1.807, 2.05) is 12.1 Å². The minimum atomic E-state index is 0.0874. The van der Waals surface area contributed by atoms with Gasteiger partial charge in [0.15, 0.2) is 11.6 Å². The molecule has 0 amide bonds. The van der Waals surface area contributed by atoms with Crippen molar-refractivity contribution < 1.29 is 4.79 Å². The van der Waals surface area contributed by atoms with Gasteiger partial charge in [0, 0.05) is 11.5 Å². The Morgan fingerprint density at radius 3 is 2.69 bits per heavy atom. The fraction of sp³-hybridized carbons (Fsp3) is 0.348. The summed E-state index contributed by atoms with van der Waals surface area (Å²) in [5.41, 5.74) is 5.77. The maximum atomic E-state index is 12.8. The number of aromatic nitrogens is 3. The molecule has 0 saturated heterocycles. The van der Waals surface area contributed by atoms with Gasteiger partial charge < -0.3 is 5.84 Å². The molecule has 0 spiro atoms. The highest BCUT2D eigenvalue weighted by molar-refractivity contribution is 7.99. The Labute approximate surface area is 174 Å². The van der Waals surface area contributed by atoms with Crippen LogP contribution in [0.15, 0.2) is 47.6 Å². The summed E-state index contributed by atoms with van der Waals surface area (Å²) in [7, 11) is 0. The lowest BCUT2D eigenvalue weighted by molar-refractivity contribution is 0.102. The van der Waals surface area contributed by atoms with Crippen molar-refractivity contribution in [1.29, 1.82) is 0 Å². The number of nitrogen functional groups attached to an aromatic ring is 1. The SMILES string of the molecule is Nn1c(SCC(=O)c2ccc3c(c2)-c2ccccc2C3)nnc1C1CCCCC1. The molecular weight excluding hydrogens is 380 g/mol. The lowest BCUT2D eigenvalue weighted by Gasteiger charge is -2.20. The van der Waals surface area contributed by atoms with Gasteiger partial charge in [-0.3, -0.25) is 4.79 Å². The van der Waals surface area contributed by atoms with Gasteiger partial charge in [-0.1, -0.05) is 67.4 Å². The first-order valence-electron chi connectivity index (χ1n) is 10.3. The van der Waals surface area contributed by atoms with Crippen LogP contribution >= 0.6 is 11.8 Å². The van der Waals surface area contributed by atoms with Crippen LogP contribution in [0.25, 0.3) is 11.1 Å². The average molecular weight is 405 g/mol. The summed E-state index contributed by atoms with van der Waals surface area (Å²) in [4.78, 5) is 12.8. The summed E-state index contributed by atoms with van der Waals surface area (Å²) in [5.74, 6) is 7.89. The Morgan fingerprint density at radius 2 is 1.83 bits per heavy atom. The summed E-state index contributed by atoms with van der Waals surface area (Å²) < 4.78 is 1.59. The van der Waals surface area contributed by atoms with E-state index in [4.69, 9.17) is 5.84 Å². The molecule has 0 atom stereocenters. The predicted octanol–water partition coefficient (Wildman–Crippen LogP) is 4.59. The van der Waals surface area contributed by atoms with E-state index < -0.39 is 0 Å². The quantitative estimate of drug-likeness (QED) is 0.299. The van der Waals surface area contributed by atoms with E-state index >= 15 is 0 Å². The second-order valence-electron chi connectivity index (χ2n) is 7.96. The number of benzene rings is 2. The summed E-state index contributed by atoms with van der Waals surface area (Å²) in [6.45, 7) is 0. The second kappa shape index (κ2) is 7.67. The molecule has 3 aromatic rings. The molecule has 1 fully saturated rings. The van der Waals surface area contributed by atoms with Crippen LogP contribution in [0.2, 0.25) is 0 Å². The molecule has 29 heavy (non-hydrogen) atoms. The molecule has 1 aromatic heterocycles. The molecule has 6 heteroatoms. The minimum absolute atomic E-state index is 0.0874. The average Bonchev–Trinajstić information content (AvgIpc) is 3.32. The number of hydrogen-bond donors (Lipinski definition) is 1. The Balaban J connectivity index is 1.29. The summed E-state index contributed by atoms with van der Waals surface area (Å²) in [6, 6.07) is 14.5. The number of thioether (sulfide) groups is 1. The standard InChI is InChI=1S/C23H24N4OS/c24-27-22(15-6-2-1-3-7-15)25-26-23(27)29-14-21(28)18-11-10-17-12-16-8-4-5-9-19(16)20(17)13-18/h4-5,8-11,13,15H,1-3,6-7,12,14,24H2. The van der Waals surface area contributed by atoms with Crippen LogP contribution in [0.5, 0.6) is 0 Å². The largest absolute Gasteiger partial charge is 0.336 e. The van der Waals surface area contributed by atoms with Crippen molar-refractivity contribution in [3.05, 3.63) is 65.0 Å². The highest BCUT2D eigenvalue weighted by Gasteiger charge is 2.23. The van der Waals surface area contributed by atoms with Crippen LogP contribution in [0.1, 0.15) is 65.3 Å². The lowest BCUT2D eigenvalue weighted by atomic mass is 9.89. The van der Waals surface area contributed by atoms with Crippen LogP contribution in [0.4, 0.5) is 0 Å². The number of nitrogens with zero attached hydrogens (tertiary/aromatic N) is 3. The van der Waals surface area contributed by atoms with E-state index in [9.17, 15) is 4.79 Å². The molecule has 5 nitrogen and oxygen atoms in total. The number of Topliss-reactive ketones (excluding diaryl/α,β-unsaturated/α-hetero) is 1. The van der Waals surface area contributed by atoms with Crippen LogP contribution in [0, 0.1) is 0 Å². The van der Waals surface area contributed by atoms with Gasteiger partial charge in [0.2, 0.25) is 5.16 Å². The molecule has 0 radical (unpaired) electrons. The number of nitrogens with two attached hydrogens (primary N) is 1. The zero-order chi connectivity index (χ0) is 19.8. The molecule has 5 rings (SSSR count). The van der Waals surface area contributed by atoms with Crippen molar-refractivity contribution in [2.75, 3.05) is 11.6 Å². The van der Waals surface area contributed by atoms with Gasteiger partial charge in [-0.15, -0.1) is 10.2 Å². The molecule has 148 valence electrons. The topological polar surface area (TPSA) is 73.8 Å². The van der Waals surface area contributed by atoms with E-state index in [-0.39, 0.29) is 5.78 Å². The number of fused-ring (bicyclic) bond motifs is 3. The highest BCUT2D eigenvalue weighted by atomic mass is 32.2. The Bertz CT molecular complexity index is 1070. The van der Waals surface area contributed by atoms with Crippen molar-refractivity contribution in [2.24, 2.45) is 0 Å². The van der Waals surface area contributed by atoms with E-state index in [0.717, 1.165) is 30.7 Å². The zero-order valence-corrected chi connectivity index (χ0v) is 17.1. The Morgan fingerprint density at radius 1 is 1.03 bits per heavy atom. The predicted molar refractivity (Wildman–Crippen MR) is 116 cm³/mol. The third-order valence-corrected chi connectivity index (χ3v) is 7.06. The van der Waals surface area contributed by atoms with Crippen LogP contribution in [-0.2, 0) is 6.42 Å². The lowest BCUT2D eigenvalue weighted by Crippen LogP contribution is -2.19. The summed E-state index contributed by atoms with van der Waals surface area (Å²) in [5, 5.41) is 9.18. The van der Waals surface area contributed by atoms with E-state index in [1.165, 1.54) is 53.3 Å². The van der Waals surface area contributed by atoms with Crippen LogP contribution in [0.3, 0.4) is 0 Å². The molecule has 2 aliphatic rings. The Hall–Kier alpha value is -2.60. The van der Waals surface area contributed by atoms with Crippen LogP contribution < -0.4 is 5.84 Å². The molecule has 2 aliphatic carbocycles. The number of hydrogen-bond acceptors (Lipinski definition) is 5. The van der Waals surface area contributed by atoms with Gasteiger partial charge in [-0.25, -0.2) is 4.68 Å². The fourth-order valence-electron chi connectivity index (χ4n) is 4.54. The molecule has 0 aliphatic heterocycles. The monoisotopic (exact) mass is 404 g/mol. The molecule has 0 bridgehead atoms. The number of ketones is 1. The van der Waals surface area contributed by atoms with Gasteiger partial charge in [-0.05, 0) is 47.6 Å². The highest BCUT2D eigenvalue weighted by Crippen LogP contribution is 2.37. The van der Waals surface area contributed by atoms with E-state index in [1.54, 1.807) is 4.68 Å². The normalized spacial score (nSPS) is 15.9. The number of carbonyl (C=O) groups is 1. The second-order valence-corrected chi connectivity index (χ2v) is 8.91. The van der Waals surface area contributed by atoms with E-state index in [0.29, 0.717) is 16.8 Å². The molecular formula is C23H24N4OS. The van der Waals surface area contributed by atoms with Gasteiger partial charge in [-0.2, -0.15) is 0 Å². The smallest absolute Gasteiger partial charge is 0.210 e. The van der Waals surface area contributed by atoms with Gasteiger partial charge in [0.1, 0.15) is 0 Å². The maximum Gasteiger partial charge on any atom is 0.210 e. The molecule has 1 heterocycles. The van der Waals surface area contributed by atoms with Gasteiger partial charge in [0.05, 0.1) is 5.75 Å². The van der Waals surface area contributed by atoms with Gasteiger partial charge >= 0.3 is 0 Å². The number of rotatable bonds is 5. The minimum Gasteiger partial charge on any atom is -0.336 e. The molecule has 0 unspecified atom stereocenters. The first kappa shape index (κ1) is 18.4. The number of carbonyl (C=O) groups excluding carboxylic acids is 1. The molecule has 2 N–H and O–H groups in total. The maximum absolute atomic E-state index is 12.8. The van der Waals surface area contributed by atoms with Crippen molar-refractivity contribution in [3.63, 3.8) is 0 Å². The third-order valence-electron chi connectivity index (χ3n) is 6.11. The van der Waals surface area contributed by atoms with Crippen LogP contribution in [-0.4, -0.2) is 26.4 Å². The summed E-state index contributed by atoms with van der Waals surface area (Å²) in [6.07, 6.45) is 6.91. The Kier molecular flexibility index (Phi) is 4.87.